The summed E-state index contributed by atoms with van der Waals surface area (Å²) >= 11 is 2.13. The molecule has 1 saturated heterocycles. The molecule has 0 saturated carbocycles. The van der Waals surface area contributed by atoms with Gasteiger partial charge in [-0.1, -0.05) is 25.1 Å². The molecular weight excluding hydrogens is 471 g/mol. The maximum absolute atomic E-state index is 12.9. The lowest BCUT2D eigenvalue weighted by Gasteiger charge is -2.26. The number of nitrogens with one attached hydrogen (secondary N) is 1. The number of halogens is 1. The minimum absolute atomic E-state index is 0.0980. The molecule has 1 fully saturated rings. The third-order valence-corrected chi connectivity index (χ3v) is 5.11. The second-order valence-electron chi connectivity index (χ2n) is 6.10. The number of nitrogens with zero attached hydrogens (tertiary/aromatic N) is 1. The highest BCUT2D eigenvalue weighted by atomic mass is 127. The van der Waals surface area contributed by atoms with Gasteiger partial charge in [-0.3, -0.25) is 14.9 Å². The summed E-state index contributed by atoms with van der Waals surface area (Å²) in [6, 6.07) is 11.7. The van der Waals surface area contributed by atoms with E-state index in [1.54, 1.807) is 24.3 Å². The van der Waals surface area contributed by atoms with Crippen molar-refractivity contribution in [2.24, 2.45) is 0 Å². The van der Waals surface area contributed by atoms with Crippen molar-refractivity contribution in [3.05, 3.63) is 62.7 Å². The summed E-state index contributed by atoms with van der Waals surface area (Å²) in [5.41, 5.74) is 2.07. The van der Waals surface area contributed by atoms with Crippen LogP contribution in [0.5, 0.6) is 5.75 Å². The van der Waals surface area contributed by atoms with Crippen LogP contribution in [-0.4, -0.2) is 24.5 Å². The van der Waals surface area contributed by atoms with Gasteiger partial charge < -0.3 is 4.74 Å². The zero-order valence-corrected chi connectivity index (χ0v) is 17.6. The summed E-state index contributed by atoms with van der Waals surface area (Å²) in [6.07, 6.45) is 2.33. The standard InChI is InChI=1S/C21H19IN2O4/c1-3-13-5-8-15(9-6-13)24-20(26)16(19(25)23-21(24)27)11-14-7-10-18(28-4-2)17(22)12-14/h5-12H,3-4H2,1-2H3,(H,23,25,27)/b16-11-. The molecule has 1 N–H and O–H groups in total. The maximum Gasteiger partial charge on any atom is 0.335 e. The lowest BCUT2D eigenvalue weighted by atomic mass is 10.1. The van der Waals surface area contributed by atoms with Crippen LogP contribution >= 0.6 is 22.6 Å². The molecule has 3 rings (SSSR count). The Hall–Kier alpha value is -2.68. The van der Waals surface area contributed by atoms with Crippen molar-refractivity contribution in [3.63, 3.8) is 0 Å². The number of carbonyl (C=O) groups excluding carboxylic acids is 3. The molecule has 7 heteroatoms. The first-order chi connectivity index (χ1) is 13.4. The van der Waals surface area contributed by atoms with Gasteiger partial charge in [0.05, 0.1) is 15.9 Å². The Morgan fingerprint density at radius 1 is 1.07 bits per heavy atom. The van der Waals surface area contributed by atoms with Crippen molar-refractivity contribution >= 4 is 52.2 Å². The van der Waals surface area contributed by atoms with Crippen LogP contribution in [0, 0.1) is 3.57 Å². The van der Waals surface area contributed by atoms with Crippen molar-refractivity contribution in [2.45, 2.75) is 20.3 Å². The summed E-state index contributed by atoms with van der Waals surface area (Å²) in [5, 5.41) is 2.24. The Morgan fingerprint density at radius 2 is 1.79 bits per heavy atom. The Balaban J connectivity index is 1.95. The van der Waals surface area contributed by atoms with E-state index in [2.05, 4.69) is 27.9 Å². The Bertz CT molecular complexity index is 967. The number of rotatable bonds is 5. The molecule has 0 bridgehead atoms. The Labute approximate surface area is 176 Å². The van der Waals surface area contributed by atoms with Gasteiger partial charge in [0.25, 0.3) is 11.8 Å². The number of ether oxygens (including phenoxy) is 1. The van der Waals surface area contributed by atoms with Crippen LogP contribution in [0.25, 0.3) is 6.08 Å². The van der Waals surface area contributed by atoms with Crippen molar-refractivity contribution in [2.75, 3.05) is 11.5 Å². The molecule has 28 heavy (non-hydrogen) atoms. The van der Waals surface area contributed by atoms with Crippen LogP contribution in [0.2, 0.25) is 0 Å². The lowest BCUT2D eigenvalue weighted by Crippen LogP contribution is -2.54. The van der Waals surface area contributed by atoms with Crippen molar-refractivity contribution in [1.82, 2.24) is 5.32 Å². The Kier molecular flexibility index (Phi) is 6.13. The summed E-state index contributed by atoms with van der Waals surface area (Å²) < 4.78 is 6.37. The first-order valence-electron chi connectivity index (χ1n) is 8.87. The van der Waals surface area contributed by atoms with Crippen LogP contribution in [0.15, 0.2) is 48.0 Å². The lowest BCUT2D eigenvalue weighted by molar-refractivity contribution is -0.122. The van der Waals surface area contributed by atoms with E-state index in [1.807, 2.05) is 32.0 Å². The molecular formula is C21H19IN2O4. The summed E-state index contributed by atoms with van der Waals surface area (Å²) in [6.45, 7) is 4.46. The van der Waals surface area contributed by atoms with E-state index >= 15 is 0 Å². The van der Waals surface area contributed by atoms with Gasteiger partial charge in [0.15, 0.2) is 0 Å². The van der Waals surface area contributed by atoms with Crippen LogP contribution in [0.3, 0.4) is 0 Å². The number of barbiturate groups is 1. The minimum atomic E-state index is -0.752. The number of benzene rings is 2. The molecule has 0 spiro atoms. The number of amides is 4. The molecule has 0 atom stereocenters. The molecule has 6 nitrogen and oxygen atoms in total. The summed E-state index contributed by atoms with van der Waals surface area (Å²) in [7, 11) is 0. The molecule has 1 heterocycles. The molecule has 0 aliphatic carbocycles. The SMILES string of the molecule is CCOc1ccc(/C=C2/C(=O)NC(=O)N(c3ccc(CC)cc3)C2=O)cc1I. The third kappa shape index (κ3) is 4.09. The van der Waals surface area contributed by atoms with E-state index in [1.165, 1.54) is 6.08 Å². The molecule has 2 aromatic carbocycles. The van der Waals surface area contributed by atoms with Gasteiger partial charge in [0, 0.05) is 0 Å². The van der Waals surface area contributed by atoms with E-state index in [4.69, 9.17) is 4.74 Å². The van der Waals surface area contributed by atoms with Crippen LogP contribution in [0.4, 0.5) is 10.5 Å². The highest BCUT2D eigenvalue weighted by Gasteiger charge is 2.36. The van der Waals surface area contributed by atoms with E-state index in [9.17, 15) is 14.4 Å². The fraction of sp³-hybridized carbons (Fsp3) is 0.190. The molecule has 0 radical (unpaired) electrons. The van der Waals surface area contributed by atoms with Crippen LogP contribution in [-0.2, 0) is 16.0 Å². The van der Waals surface area contributed by atoms with E-state index in [-0.39, 0.29) is 5.57 Å². The van der Waals surface area contributed by atoms with E-state index < -0.39 is 17.8 Å². The highest BCUT2D eigenvalue weighted by molar-refractivity contribution is 14.1. The van der Waals surface area contributed by atoms with Gasteiger partial charge in [0.2, 0.25) is 0 Å². The highest BCUT2D eigenvalue weighted by Crippen LogP contribution is 2.26. The number of anilines is 1. The van der Waals surface area contributed by atoms with Gasteiger partial charge >= 0.3 is 6.03 Å². The first-order valence-corrected chi connectivity index (χ1v) is 9.95. The Morgan fingerprint density at radius 3 is 2.39 bits per heavy atom. The number of hydrogen-bond donors (Lipinski definition) is 1. The quantitative estimate of drug-likeness (QED) is 0.392. The smallest absolute Gasteiger partial charge is 0.335 e. The van der Waals surface area contributed by atoms with Crippen LogP contribution < -0.4 is 15.0 Å². The topological polar surface area (TPSA) is 75.7 Å². The van der Waals surface area contributed by atoms with Gasteiger partial charge in [-0.05, 0) is 77.4 Å². The fourth-order valence-electron chi connectivity index (χ4n) is 2.82. The summed E-state index contributed by atoms with van der Waals surface area (Å²) in [4.78, 5) is 38.4. The molecule has 144 valence electrons. The number of aryl methyl sites for hydroxylation is 1. The normalized spacial score (nSPS) is 15.8. The molecule has 0 unspecified atom stereocenters. The second kappa shape index (κ2) is 8.55. The van der Waals surface area contributed by atoms with Gasteiger partial charge in [-0.25, -0.2) is 9.69 Å². The zero-order chi connectivity index (χ0) is 20.3. The van der Waals surface area contributed by atoms with E-state index in [0.29, 0.717) is 17.9 Å². The summed E-state index contributed by atoms with van der Waals surface area (Å²) in [5.74, 6) is -0.625. The number of urea groups is 1. The van der Waals surface area contributed by atoms with Gasteiger partial charge in [-0.2, -0.15) is 0 Å². The maximum atomic E-state index is 12.9. The molecule has 2 aromatic rings. The average molecular weight is 490 g/mol. The second-order valence-corrected chi connectivity index (χ2v) is 7.26. The predicted octanol–water partition coefficient (Wildman–Crippen LogP) is 3.92. The zero-order valence-electron chi connectivity index (χ0n) is 15.5. The average Bonchev–Trinajstić information content (AvgIpc) is 2.67. The van der Waals surface area contributed by atoms with Crippen molar-refractivity contribution in [3.8, 4) is 5.75 Å². The van der Waals surface area contributed by atoms with Crippen molar-refractivity contribution in [1.29, 1.82) is 0 Å². The fourth-order valence-corrected chi connectivity index (χ4v) is 3.51. The number of carbonyl (C=O) groups is 3. The molecule has 0 aromatic heterocycles. The van der Waals surface area contributed by atoms with E-state index in [0.717, 1.165) is 26.2 Å². The minimum Gasteiger partial charge on any atom is -0.493 e. The third-order valence-electron chi connectivity index (χ3n) is 4.27. The number of hydrogen-bond acceptors (Lipinski definition) is 4. The largest absolute Gasteiger partial charge is 0.493 e. The molecule has 1 aliphatic heterocycles. The van der Waals surface area contributed by atoms with Gasteiger partial charge in [-0.15, -0.1) is 0 Å². The molecule has 1 aliphatic rings. The number of imide groups is 2. The predicted molar refractivity (Wildman–Crippen MR) is 115 cm³/mol. The van der Waals surface area contributed by atoms with Gasteiger partial charge in [0.1, 0.15) is 11.3 Å². The molecule has 4 amide bonds. The first kappa shape index (κ1) is 20.1. The van der Waals surface area contributed by atoms with Crippen LogP contribution in [0.1, 0.15) is 25.0 Å². The van der Waals surface area contributed by atoms with Crippen molar-refractivity contribution < 1.29 is 19.1 Å². The monoisotopic (exact) mass is 490 g/mol.